The monoisotopic (exact) mass is 449 g/mol. The van der Waals surface area contributed by atoms with Gasteiger partial charge in [-0.25, -0.2) is 9.79 Å². The molecule has 0 bridgehead atoms. The number of primary amides is 1. The van der Waals surface area contributed by atoms with Crippen LogP contribution in [-0.2, 0) is 16.1 Å². The molecule has 1 aromatic rings. The summed E-state index contributed by atoms with van der Waals surface area (Å²) in [4.78, 5) is 27.9. The smallest absolute Gasteiger partial charge is 0.408 e. The minimum absolute atomic E-state index is 0.169. The fourth-order valence-corrected chi connectivity index (χ4v) is 2.89. The van der Waals surface area contributed by atoms with Crippen LogP contribution in [-0.4, -0.2) is 48.8 Å². The van der Waals surface area contributed by atoms with Crippen molar-refractivity contribution in [3.8, 4) is 5.75 Å². The van der Waals surface area contributed by atoms with Crippen molar-refractivity contribution in [2.75, 3.05) is 19.7 Å². The van der Waals surface area contributed by atoms with Crippen LogP contribution in [0.15, 0.2) is 29.3 Å². The minimum Gasteiger partial charge on any atom is -0.484 e. The number of nitrogens with one attached hydrogen (secondary N) is 3. The van der Waals surface area contributed by atoms with Gasteiger partial charge in [0.2, 0.25) is 0 Å². The van der Waals surface area contributed by atoms with Gasteiger partial charge in [-0.1, -0.05) is 26.0 Å². The molecule has 0 aliphatic carbocycles. The predicted octanol–water partition coefficient (Wildman–Crippen LogP) is 2.69. The topological polar surface area (TPSA) is 127 Å². The number of carbonyl (C=O) groups excluding carboxylic acids is 2. The molecular weight excluding hydrogens is 410 g/mol. The van der Waals surface area contributed by atoms with Gasteiger partial charge in [0.05, 0.1) is 12.1 Å². The molecule has 1 rings (SSSR count). The van der Waals surface area contributed by atoms with E-state index < -0.39 is 23.1 Å². The Labute approximate surface area is 191 Å². The van der Waals surface area contributed by atoms with E-state index in [1.807, 2.05) is 59.7 Å². The second-order valence-corrected chi connectivity index (χ2v) is 8.57. The number of guanidine groups is 1. The number of rotatable bonds is 11. The molecule has 0 fully saturated rings. The van der Waals surface area contributed by atoms with Crippen molar-refractivity contribution in [1.29, 1.82) is 0 Å². The molecule has 0 atom stereocenters. The number of carbonyl (C=O) groups is 2. The van der Waals surface area contributed by atoms with Gasteiger partial charge in [0.15, 0.2) is 12.6 Å². The Kier molecular flexibility index (Phi) is 10.8. The van der Waals surface area contributed by atoms with Crippen LogP contribution in [0.4, 0.5) is 4.79 Å². The minimum atomic E-state index is -0.559. The van der Waals surface area contributed by atoms with Crippen molar-refractivity contribution in [2.24, 2.45) is 10.7 Å². The third kappa shape index (κ3) is 10.4. The first kappa shape index (κ1) is 27.1. The van der Waals surface area contributed by atoms with E-state index in [0.717, 1.165) is 18.4 Å². The fraction of sp³-hybridized carbons (Fsp3) is 0.609. The number of nitrogens with zero attached hydrogens (tertiary/aromatic N) is 1. The quantitative estimate of drug-likeness (QED) is 0.304. The third-order valence-corrected chi connectivity index (χ3v) is 4.76. The molecule has 9 heteroatoms. The highest BCUT2D eigenvalue weighted by atomic mass is 16.6. The molecule has 0 aliphatic heterocycles. The number of alkyl carbamates (subject to hydrolysis) is 1. The van der Waals surface area contributed by atoms with Crippen LogP contribution in [0.1, 0.15) is 59.9 Å². The molecule has 5 N–H and O–H groups in total. The third-order valence-electron chi connectivity index (χ3n) is 4.76. The first-order valence-electron chi connectivity index (χ1n) is 11.1. The van der Waals surface area contributed by atoms with Gasteiger partial charge in [-0.15, -0.1) is 0 Å². The summed E-state index contributed by atoms with van der Waals surface area (Å²) in [5.41, 5.74) is 5.02. The number of ether oxygens (including phenoxy) is 2. The SMILES string of the molecule is CCNC(=NCc1cccc(OCC(N)=O)c1)NCC(CC)(CC)NC(=O)OC(C)(C)C. The molecule has 0 radical (unpaired) electrons. The summed E-state index contributed by atoms with van der Waals surface area (Å²) in [5, 5.41) is 9.58. The fourth-order valence-electron chi connectivity index (χ4n) is 2.89. The molecule has 0 heterocycles. The van der Waals surface area contributed by atoms with Crippen molar-refractivity contribution in [2.45, 2.75) is 72.1 Å². The van der Waals surface area contributed by atoms with E-state index in [1.165, 1.54) is 0 Å². The molecule has 32 heavy (non-hydrogen) atoms. The highest BCUT2D eigenvalue weighted by molar-refractivity contribution is 5.80. The Bertz CT molecular complexity index is 770. The van der Waals surface area contributed by atoms with Crippen LogP contribution in [0.25, 0.3) is 0 Å². The molecule has 0 saturated carbocycles. The average molecular weight is 450 g/mol. The van der Waals surface area contributed by atoms with Crippen LogP contribution in [0.5, 0.6) is 5.75 Å². The van der Waals surface area contributed by atoms with Crippen LogP contribution in [0.3, 0.4) is 0 Å². The lowest BCUT2D eigenvalue weighted by Crippen LogP contribution is -2.57. The summed E-state index contributed by atoms with van der Waals surface area (Å²) in [5.74, 6) is 0.669. The van der Waals surface area contributed by atoms with Gasteiger partial charge in [-0.2, -0.15) is 0 Å². The lowest BCUT2D eigenvalue weighted by atomic mass is 9.93. The molecule has 0 aromatic heterocycles. The standard InChI is InChI=1S/C23H39N5O4/c1-7-23(8-2,28-21(30)32-22(4,5)6)16-27-20(25-9-3)26-14-17-11-10-12-18(13-17)31-15-19(24)29/h10-13H,7-9,14-16H2,1-6H3,(H2,24,29)(H,28,30)(H2,25,26,27). The molecular formula is C23H39N5O4. The number of hydrogen-bond donors (Lipinski definition) is 4. The first-order valence-corrected chi connectivity index (χ1v) is 11.1. The zero-order chi connectivity index (χ0) is 24.2. The summed E-state index contributed by atoms with van der Waals surface area (Å²) in [7, 11) is 0. The van der Waals surface area contributed by atoms with Gasteiger partial charge in [0.1, 0.15) is 11.4 Å². The summed E-state index contributed by atoms with van der Waals surface area (Å²) in [6.45, 7) is 13.0. The number of amides is 2. The number of benzene rings is 1. The van der Waals surface area contributed by atoms with Gasteiger partial charge in [-0.05, 0) is 58.2 Å². The molecule has 0 spiro atoms. The number of hydrogen-bond acceptors (Lipinski definition) is 5. The summed E-state index contributed by atoms with van der Waals surface area (Å²) in [6, 6.07) is 7.35. The van der Waals surface area contributed by atoms with Crippen molar-refractivity contribution >= 4 is 18.0 Å². The molecule has 0 aliphatic rings. The second-order valence-electron chi connectivity index (χ2n) is 8.57. The summed E-state index contributed by atoms with van der Waals surface area (Å²) in [6.07, 6.45) is 1.03. The number of nitrogens with two attached hydrogens (primary N) is 1. The van der Waals surface area contributed by atoms with Crippen molar-refractivity contribution in [3.05, 3.63) is 29.8 Å². The second kappa shape index (κ2) is 12.8. The van der Waals surface area contributed by atoms with Crippen LogP contribution < -0.4 is 26.4 Å². The molecule has 1 aromatic carbocycles. The predicted molar refractivity (Wildman–Crippen MR) is 127 cm³/mol. The highest BCUT2D eigenvalue weighted by Crippen LogP contribution is 2.17. The highest BCUT2D eigenvalue weighted by Gasteiger charge is 2.30. The molecule has 180 valence electrons. The average Bonchev–Trinajstić information content (AvgIpc) is 2.72. The summed E-state index contributed by atoms with van der Waals surface area (Å²) >= 11 is 0. The normalized spacial score (nSPS) is 12.1. The largest absolute Gasteiger partial charge is 0.484 e. The van der Waals surface area contributed by atoms with Crippen LogP contribution in [0.2, 0.25) is 0 Å². The van der Waals surface area contributed by atoms with Gasteiger partial charge >= 0.3 is 6.09 Å². The van der Waals surface area contributed by atoms with Crippen molar-refractivity contribution < 1.29 is 19.1 Å². The van der Waals surface area contributed by atoms with E-state index in [-0.39, 0.29) is 6.61 Å². The number of aliphatic imine (C=N–C) groups is 1. The maximum absolute atomic E-state index is 12.4. The van der Waals surface area contributed by atoms with E-state index in [2.05, 4.69) is 20.9 Å². The van der Waals surface area contributed by atoms with E-state index in [1.54, 1.807) is 6.07 Å². The first-order chi connectivity index (χ1) is 15.0. The van der Waals surface area contributed by atoms with Gasteiger partial charge in [-0.3, -0.25) is 4.79 Å². The maximum Gasteiger partial charge on any atom is 0.408 e. The molecule has 0 saturated heterocycles. The summed E-state index contributed by atoms with van der Waals surface area (Å²) < 4.78 is 10.8. The molecule has 9 nitrogen and oxygen atoms in total. The Morgan fingerprint density at radius 3 is 2.34 bits per heavy atom. The Morgan fingerprint density at radius 2 is 1.78 bits per heavy atom. The maximum atomic E-state index is 12.4. The van der Waals surface area contributed by atoms with Gasteiger partial charge < -0.3 is 31.2 Å². The van der Waals surface area contributed by atoms with E-state index in [0.29, 0.717) is 31.3 Å². The Balaban J connectivity index is 2.83. The lowest BCUT2D eigenvalue weighted by molar-refractivity contribution is -0.119. The lowest BCUT2D eigenvalue weighted by Gasteiger charge is -2.34. The van der Waals surface area contributed by atoms with Gasteiger partial charge in [0.25, 0.3) is 5.91 Å². The van der Waals surface area contributed by atoms with Gasteiger partial charge in [0, 0.05) is 13.1 Å². The zero-order valence-corrected chi connectivity index (χ0v) is 20.2. The zero-order valence-electron chi connectivity index (χ0n) is 20.2. The van der Waals surface area contributed by atoms with E-state index >= 15 is 0 Å². The van der Waals surface area contributed by atoms with Crippen molar-refractivity contribution in [1.82, 2.24) is 16.0 Å². The molecule has 2 amide bonds. The van der Waals surface area contributed by atoms with Crippen LogP contribution >= 0.6 is 0 Å². The Morgan fingerprint density at radius 1 is 1.09 bits per heavy atom. The van der Waals surface area contributed by atoms with Crippen molar-refractivity contribution in [3.63, 3.8) is 0 Å². The molecule has 0 unspecified atom stereocenters. The Hall–Kier alpha value is -2.97. The van der Waals surface area contributed by atoms with E-state index in [9.17, 15) is 9.59 Å². The van der Waals surface area contributed by atoms with Crippen LogP contribution in [0, 0.1) is 0 Å². The van der Waals surface area contributed by atoms with E-state index in [4.69, 9.17) is 15.2 Å².